The van der Waals surface area contributed by atoms with Crippen LogP contribution in [-0.2, 0) is 4.79 Å². The highest BCUT2D eigenvalue weighted by Gasteiger charge is 2.54. The van der Waals surface area contributed by atoms with Crippen molar-refractivity contribution >= 4 is 17.8 Å². The Kier molecular flexibility index (Phi) is 4.10. The highest BCUT2D eigenvalue weighted by Crippen LogP contribution is 2.43. The lowest BCUT2D eigenvalue weighted by Crippen LogP contribution is -2.42. The fourth-order valence-electron chi connectivity index (χ4n) is 4.13. The third-order valence-electron chi connectivity index (χ3n) is 5.47. The summed E-state index contributed by atoms with van der Waals surface area (Å²) in [6, 6.07) is 5.04. The van der Waals surface area contributed by atoms with Gasteiger partial charge in [0, 0.05) is 44.5 Å². The molecule has 1 N–H and O–H groups in total. The van der Waals surface area contributed by atoms with Gasteiger partial charge in [-0.3, -0.25) is 9.59 Å². The zero-order valence-corrected chi connectivity index (χ0v) is 14.2. The SMILES string of the molecule is O=C(c1ccco1)N1CCC[C@]2(C(=O)O)CN(c3ncccn3)C[C@@H]2C1. The summed E-state index contributed by atoms with van der Waals surface area (Å²) in [5.41, 5.74) is -0.891. The Bertz CT molecular complexity index is 795. The molecule has 2 aliphatic rings. The lowest BCUT2D eigenvalue weighted by Gasteiger charge is -2.29. The van der Waals surface area contributed by atoms with Crippen molar-refractivity contribution in [3.63, 3.8) is 0 Å². The second-order valence-corrected chi connectivity index (χ2v) is 6.92. The summed E-state index contributed by atoms with van der Waals surface area (Å²) in [6.07, 6.45) is 5.93. The molecule has 2 fully saturated rings. The van der Waals surface area contributed by atoms with Crippen LogP contribution in [0.5, 0.6) is 0 Å². The lowest BCUT2D eigenvalue weighted by molar-refractivity contribution is -0.150. The minimum Gasteiger partial charge on any atom is -0.481 e. The molecular weight excluding hydrogens is 336 g/mol. The predicted molar refractivity (Wildman–Crippen MR) is 91.6 cm³/mol. The molecule has 0 saturated carbocycles. The summed E-state index contributed by atoms with van der Waals surface area (Å²) < 4.78 is 5.23. The van der Waals surface area contributed by atoms with Gasteiger partial charge in [-0.1, -0.05) is 0 Å². The third kappa shape index (κ3) is 2.71. The number of nitrogens with zero attached hydrogens (tertiary/aromatic N) is 4. The van der Waals surface area contributed by atoms with E-state index in [1.54, 1.807) is 35.5 Å². The largest absolute Gasteiger partial charge is 0.481 e. The van der Waals surface area contributed by atoms with E-state index < -0.39 is 11.4 Å². The molecule has 1 amide bonds. The predicted octanol–water partition coefficient (Wildman–Crippen LogP) is 1.51. The highest BCUT2D eigenvalue weighted by atomic mass is 16.4. The van der Waals surface area contributed by atoms with Gasteiger partial charge < -0.3 is 19.3 Å². The smallest absolute Gasteiger partial charge is 0.311 e. The molecule has 0 unspecified atom stereocenters. The van der Waals surface area contributed by atoms with Gasteiger partial charge in [-0.05, 0) is 31.0 Å². The van der Waals surface area contributed by atoms with Crippen molar-refractivity contribution < 1.29 is 19.1 Å². The maximum Gasteiger partial charge on any atom is 0.311 e. The van der Waals surface area contributed by atoms with Crippen LogP contribution >= 0.6 is 0 Å². The van der Waals surface area contributed by atoms with Gasteiger partial charge in [0.25, 0.3) is 5.91 Å². The van der Waals surface area contributed by atoms with Gasteiger partial charge in [0.05, 0.1) is 11.7 Å². The van der Waals surface area contributed by atoms with Crippen molar-refractivity contribution in [2.75, 3.05) is 31.1 Å². The molecule has 2 saturated heterocycles. The normalized spacial score (nSPS) is 25.6. The fourth-order valence-corrected chi connectivity index (χ4v) is 4.13. The second kappa shape index (κ2) is 6.44. The van der Waals surface area contributed by atoms with Crippen molar-refractivity contribution in [3.8, 4) is 0 Å². The van der Waals surface area contributed by atoms with Gasteiger partial charge in [-0.25, -0.2) is 9.97 Å². The molecule has 0 aliphatic carbocycles. The number of anilines is 1. The Labute approximate surface area is 150 Å². The summed E-state index contributed by atoms with van der Waals surface area (Å²) in [6.45, 7) is 1.79. The number of aromatic nitrogens is 2. The molecule has 0 spiro atoms. The van der Waals surface area contributed by atoms with Crippen molar-refractivity contribution in [1.82, 2.24) is 14.9 Å². The topological polar surface area (TPSA) is 99.8 Å². The molecule has 2 aliphatic heterocycles. The van der Waals surface area contributed by atoms with Crippen LogP contribution < -0.4 is 4.90 Å². The average Bonchev–Trinajstić information content (AvgIpc) is 3.27. The van der Waals surface area contributed by atoms with Crippen LogP contribution in [0, 0.1) is 11.3 Å². The molecule has 2 aromatic rings. The molecule has 2 aromatic heterocycles. The second-order valence-electron chi connectivity index (χ2n) is 6.92. The zero-order chi connectivity index (χ0) is 18.1. The van der Waals surface area contributed by atoms with E-state index >= 15 is 0 Å². The number of carboxylic acids is 1. The van der Waals surface area contributed by atoms with E-state index in [1.807, 2.05) is 4.90 Å². The number of fused-ring (bicyclic) bond motifs is 1. The van der Waals surface area contributed by atoms with E-state index in [-0.39, 0.29) is 17.6 Å². The van der Waals surface area contributed by atoms with Gasteiger partial charge in [-0.2, -0.15) is 0 Å². The molecule has 8 nitrogen and oxygen atoms in total. The Hall–Kier alpha value is -2.90. The monoisotopic (exact) mass is 356 g/mol. The van der Waals surface area contributed by atoms with Crippen molar-refractivity contribution in [1.29, 1.82) is 0 Å². The number of aliphatic carboxylic acids is 1. The third-order valence-corrected chi connectivity index (χ3v) is 5.47. The van der Waals surface area contributed by atoms with Crippen molar-refractivity contribution in [3.05, 3.63) is 42.6 Å². The number of hydrogen-bond acceptors (Lipinski definition) is 6. The number of carbonyl (C=O) groups is 2. The molecule has 2 atom stereocenters. The Morgan fingerprint density at radius 1 is 1.23 bits per heavy atom. The molecule has 0 bridgehead atoms. The van der Waals surface area contributed by atoms with Crippen LogP contribution in [0.4, 0.5) is 5.95 Å². The summed E-state index contributed by atoms with van der Waals surface area (Å²) in [5, 5.41) is 10.0. The first-order chi connectivity index (χ1) is 12.6. The van der Waals surface area contributed by atoms with Gasteiger partial charge in [0.2, 0.25) is 5.95 Å². The highest BCUT2D eigenvalue weighted by molar-refractivity contribution is 5.91. The van der Waals surface area contributed by atoms with E-state index in [0.29, 0.717) is 45.0 Å². The molecule has 0 radical (unpaired) electrons. The van der Waals surface area contributed by atoms with Gasteiger partial charge in [0.15, 0.2) is 5.76 Å². The van der Waals surface area contributed by atoms with Gasteiger partial charge >= 0.3 is 5.97 Å². The molecule has 4 heterocycles. The number of rotatable bonds is 3. The van der Waals surface area contributed by atoms with E-state index in [0.717, 1.165) is 0 Å². The number of hydrogen-bond donors (Lipinski definition) is 1. The minimum absolute atomic E-state index is 0.189. The first-order valence-corrected chi connectivity index (χ1v) is 8.68. The zero-order valence-electron chi connectivity index (χ0n) is 14.2. The van der Waals surface area contributed by atoms with Crippen LogP contribution in [0.25, 0.3) is 0 Å². The molecule has 0 aromatic carbocycles. The average molecular weight is 356 g/mol. The molecule has 136 valence electrons. The van der Waals surface area contributed by atoms with E-state index in [2.05, 4.69) is 9.97 Å². The number of likely N-dealkylation sites (tertiary alicyclic amines) is 1. The van der Waals surface area contributed by atoms with Crippen LogP contribution in [0.1, 0.15) is 23.4 Å². The summed E-state index contributed by atoms with van der Waals surface area (Å²) in [5.74, 6) is -0.372. The first kappa shape index (κ1) is 16.6. The Morgan fingerprint density at radius 3 is 2.73 bits per heavy atom. The van der Waals surface area contributed by atoms with Crippen molar-refractivity contribution in [2.24, 2.45) is 11.3 Å². The number of carbonyl (C=O) groups excluding carboxylic acids is 1. The molecular formula is C18H20N4O4. The lowest BCUT2D eigenvalue weighted by atomic mass is 9.75. The molecule has 26 heavy (non-hydrogen) atoms. The van der Waals surface area contributed by atoms with Crippen LogP contribution in [0.15, 0.2) is 41.3 Å². The van der Waals surface area contributed by atoms with E-state index in [9.17, 15) is 14.7 Å². The number of carboxylic acid groups (broad SMARTS) is 1. The maximum absolute atomic E-state index is 12.7. The van der Waals surface area contributed by atoms with Crippen LogP contribution in [0.3, 0.4) is 0 Å². The Balaban J connectivity index is 1.61. The van der Waals surface area contributed by atoms with Crippen LogP contribution in [0.2, 0.25) is 0 Å². The standard InChI is InChI=1S/C18H20N4O4/c23-15(14-4-1-9-26-14)21-8-2-5-18(16(24)25)12-22(11-13(18)10-21)17-19-6-3-7-20-17/h1,3-4,6-7,9,13H,2,5,8,10-12H2,(H,24,25)/t13-,18-/m0/s1. The van der Waals surface area contributed by atoms with E-state index in [1.165, 1.54) is 6.26 Å². The Morgan fingerprint density at radius 2 is 2.04 bits per heavy atom. The summed E-state index contributed by atoms with van der Waals surface area (Å²) in [7, 11) is 0. The molecule has 8 heteroatoms. The first-order valence-electron chi connectivity index (χ1n) is 8.68. The van der Waals surface area contributed by atoms with Gasteiger partial charge in [0.1, 0.15) is 0 Å². The minimum atomic E-state index is -0.891. The summed E-state index contributed by atoms with van der Waals surface area (Å²) >= 11 is 0. The maximum atomic E-state index is 12.7. The number of furan rings is 1. The molecule has 4 rings (SSSR count). The van der Waals surface area contributed by atoms with E-state index in [4.69, 9.17) is 4.42 Å². The van der Waals surface area contributed by atoms with Gasteiger partial charge in [-0.15, -0.1) is 0 Å². The summed E-state index contributed by atoms with van der Waals surface area (Å²) in [4.78, 5) is 37.0. The van der Waals surface area contributed by atoms with Crippen molar-refractivity contribution in [2.45, 2.75) is 12.8 Å². The fraction of sp³-hybridized carbons (Fsp3) is 0.444. The quantitative estimate of drug-likeness (QED) is 0.890. The number of amides is 1. The van der Waals surface area contributed by atoms with Crippen LogP contribution in [-0.4, -0.2) is 58.0 Å².